The fraction of sp³-hybridized carbons (Fsp3) is 0.550. The lowest BCUT2D eigenvalue weighted by atomic mass is 9.79. The average Bonchev–Trinajstić information content (AvgIpc) is 2.59. The second-order valence-electron chi connectivity index (χ2n) is 7.16. The Morgan fingerprint density at radius 1 is 1.38 bits per heavy atom. The number of pyridine rings is 1. The second-order valence-corrected chi connectivity index (χ2v) is 7.16. The van der Waals surface area contributed by atoms with Crippen molar-refractivity contribution in [2.24, 2.45) is 5.92 Å². The Bertz CT molecular complexity index is 703. The number of ether oxygens (including phenoxy) is 1. The van der Waals surface area contributed by atoms with E-state index in [9.17, 15) is 5.11 Å². The van der Waals surface area contributed by atoms with Gasteiger partial charge < -0.3 is 9.84 Å². The highest BCUT2D eigenvalue weighted by Gasteiger charge is 2.38. The Hall–Kier alpha value is -1.49. The minimum Gasteiger partial charge on any atom is -0.389 e. The summed E-state index contributed by atoms with van der Waals surface area (Å²) in [6, 6.07) is 8.42. The third kappa shape index (κ3) is 3.46. The van der Waals surface area contributed by atoms with Crippen molar-refractivity contribution in [3.8, 4) is 0 Å². The van der Waals surface area contributed by atoms with Gasteiger partial charge in [0, 0.05) is 44.9 Å². The molecule has 4 heteroatoms. The van der Waals surface area contributed by atoms with Crippen LogP contribution >= 0.6 is 0 Å². The van der Waals surface area contributed by atoms with Gasteiger partial charge in [-0.25, -0.2) is 0 Å². The number of aliphatic hydroxyl groups is 1. The molecule has 130 valence electrons. The van der Waals surface area contributed by atoms with Crippen molar-refractivity contribution in [2.45, 2.75) is 38.8 Å². The highest BCUT2D eigenvalue weighted by molar-refractivity contribution is 5.83. The summed E-state index contributed by atoms with van der Waals surface area (Å²) < 4.78 is 5.16. The number of methoxy groups -OCH3 is 1. The number of aryl methyl sites for hydroxylation is 1. The molecule has 2 heterocycles. The Morgan fingerprint density at radius 3 is 2.96 bits per heavy atom. The van der Waals surface area contributed by atoms with E-state index in [4.69, 9.17) is 4.74 Å². The number of benzene rings is 1. The first-order chi connectivity index (χ1) is 11.5. The average molecular weight is 328 g/mol. The van der Waals surface area contributed by atoms with Crippen LogP contribution in [0.2, 0.25) is 0 Å². The van der Waals surface area contributed by atoms with Crippen molar-refractivity contribution in [1.29, 1.82) is 0 Å². The summed E-state index contributed by atoms with van der Waals surface area (Å²) in [4.78, 5) is 6.93. The standard InChI is InChI=1S/C20H28N2O2/c1-15-6-7-19-17(5-4-10-21-19)18(15)14-22-11-8-20(23,9-12-24-3)16(2)13-22/h4-7,10,16,23H,8-9,11-14H2,1-3H3/t16-,20-/m1/s1. The second kappa shape index (κ2) is 7.18. The molecule has 3 rings (SSSR count). The molecule has 0 bridgehead atoms. The van der Waals surface area contributed by atoms with E-state index < -0.39 is 5.60 Å². The van der Waals surface area contributed by atoms with E-state index >= 15 is 0 Å². The molecule has 1 aromatic carbocycles. The Labute approximate surface area is 144 Å². The lowest BCUT2D eigenvalue weighted by molar-refractivity contribution is -0.0826. The van der Waals surface area contributed by atoms with Gasteiger partial charge in [-0.3, -0.25) is 9.88 Å². The molecule has 0 amide bonds. The normalized spacial score (nSPS) is 25.2. The van der Waals surface area contributed by atoms with E-state index in [0.29, 0.717) is 6.61 Å². The molecule has 1 aliphatic rings. The lowest BCUT2D eigenvalue weighted by Gasteiger charge is -2.43. The Morgan fingerprint density at radius 2 is 2.21 bits per heavy atom. The van der Waals surface area contributed by atoms with Crippen LogP contribution in [0.1, 0.15) is 30.9 Å². The van der Waals surface area contributed by atoms with Gasteiger partial charge in [-0.1, -0.05) is 19.1 Å². The number of aromatic nitrogens is 1. The quantitative estimate of drug-likeness (QED) is 0.916. The van der Waals surface area contributed by atoms with Gasteiger partial charge in [0.15, 0.2) is 0 Å². The molecular weight excluding hydrogens is 300 g/mol. The number of rotatable bonds is 5. The molecule has 2 aromatic rings. The molecule has 1 aliphatic heterocycles. The van der Waals surface area contributed by atoms with Crippen LogP contribution in [0, 0.1) is 12.8 Å². The molecule has 0 saturated carbocycles. The first kappa shape index (κ1) is 17.3. The van der Waals surface area contributed by atoms with Gasteiger partial charge in [-0.05, 0) is 48.9 Å². The number of hydrogen-bond acceptors (Lipinski definition) is 4. The van der Waals surface area contributed by atoms with Crippen molar-refractivity contribution in [3.63, 3.8) is 0 Å². The Balaban J connectivity index is 1.76. The zero-order valence-electron chi connectivity index (χ0n) is 15.0. The van der Waals surface area contributed by atoms with E-state index in [2.05, 4.69) is 41.9 Å². The maximum absolute atomic E-state index is 10.9. The zero-order valence-corrected chi connectivity index (χ0v) is 15.0. The van der Waals surface area contributed by atoms with Gasteiger partial charge in [0.05, 0.1) is 11.1 Å². The maximum Gasteiger partial charge on any atom is 0.0719 e. The van der Waals surface area contributed by atoms with Crippen molar-refractivity contribution >= 4 is 10.9 Å². The molecule has 0 unspecified atom stereocenters. The van der Waals surface area contributed by atoms with Crippen LogP contribution in [0.25, 0.3) is 10.9 Å². The number of likely N-dealkylation sites (tertiary alicyclic amines) is 1. The third-order valence-electron chi connectivity index (χ3n) is 5.56. The number of nitrogens with zero attached hydrogens (tertiary/aromatic N) is 2. The number of hydrogen-bond donors (Lipinski definition) is 1. The highest BCUT2D eigenvalue weighted by Crippen LogP contribution is 2.32. The van der Waals surface area contributed by atoms with E-state index in [1.54, 1.807) is 7.11 Å². The molecule has 1 saturated heterocycles. The highest BCUT2D eigenvalue weighted by atomic mass is 16.5. The molecular formula is C20H28N2O2. The fourth-order valence-electron chi connectivity index (χ4n) is 3.80. The summed E-state index contributed by atoms with van der Waals surface area (Å²) >= 11 is 0. The predicted octanol–water partition coefficient (Wildman–Crippen LogP) is 3.15. The summed E-state index contributed by atoms with van der Waals surface area (Å²) in [5, 5.41) is 12.1. The van der Waals surface area contributed by atoms with Gasteiger partial charge in [-0.15, -0.1) is 0 Å². The smallest absolute Gasteiger partial charge is 0.0719 e. The van der Waals surface area contributed by atoms with Crippen LogP contribution in [-0.4, -0.2) is 47.4 Å². The first-order valence-electron chi connectivity index (χ1n) is 8.80. The maximum atomic E-state index is 10.9. The first-order valence-corrected chi connectivity index (χ1v) is 8.80. The van der Waals surface area contributed by atoms with Gasteiger partial charge in [0.1, 0.15) is 0 Å². The van der Waals surface area contributed by atoms with Crippen molar-refractivity contribution in [2.75, 3.05) is 26.8 Å². The molecule has 2 atom stereocenters. The summed E-state index contributed by atoms with van der Waals surface area (Å²) in [6.07, 6.45) is 3.37. The van der Waals surface area contributed by atoms with Crippen LogP contribution in [0.3, 0.4) is 0 Å². The summed E-state index contributed by atoms with van der Waals surface area (Å²) in [6.45, 7) is 7.69. The van der Waals surface area contributed by atoms with Crippen LogP contribution in [0.15, 0.2) is 30.5 Å². The largest absolute Gasteiger partial charge is 0.389 e. The van der Waals surface area contributed by atoms with Crippen LogP contribution < -0.4 is 0 Å². The molecule has 24 heavy (non-hydrogen) atoms. The lowest BCUT2D eigenvalue weighted by Crippen LogP contribution is -2.51. The van der Waals surface area contributed by atoms with E-state index in [0.717, 1.165) is 38.0 Å². The molecule has 0 aliphatic carbocycles. The predicted molar refractivity (Wildman–Crippen MR) is 97.0 cm³/mol. The molecule has 1 aromatic heterocycles. The molecule has 1 fully saturated rings. The minimum absolute atomic E-state index is 0.245. The van der Waals surface area contributed by atoms with Crippen LogP contribution in [0.4, 0.5) is 0 Å². The Kier molecular flexibility index (Phi) is 5.18. The number of piperidine rings is 1. The molecule has 4 nitrogen and oxygen atoms in total. The monoisotopic (exact) mass is 328 g/mol. The summed E-state index contributed by atoms with van der Waals surface area (Å²) in [5.41, 5.74) is 3.13. The molecule has 0 radical (unpaired) electrons. The summed E-state index contributed by atoms with van der Waals surface area (Å²) in [5.74, 6) is 0.245. The topological polar surface area (TPSA) is 45.6 Å². The minimum atomic E-state index is -0.595. The molecule has 0 spiro atoms. The fourth-order valence-corrected chi connectivity index (χ4v) is 3.80. The van der Waals surface area contributed by atoms with Gasteiger partial charge in [-0.2, -0.15) is 0 Å². The van der Waals surface area contributed by atoms with E-state index in [1.807, 2.05) is 12.3 Å². The molecule has 1 N–H and O–H groups in total. The van der Waals surface area contributed by atoms with Crippen LogP contribution in [-0.2, 0) is 11.3 Å². The summed E-state index contributed by atoms with van der Waals surface area (Å²) in [7, 11) is 1.69. The SMILES string of the molecule is COCC[C@]1(O)CCN(Cc2c(C)ccc3ncccc23)C[C@H]1C. The van der Waals surface area contributed by atoms with Gasteiger partial charge in [0.25, 0.3) is 0 Å². The van der Waals surface area contributed by atoms with Gasteiger partial charge in [0.2, 0.25) is 0 Å². The van der Waals surface area contributed by atoms with Crippen molar-refractivity contribution in [3.05, 3.63) is 41.6 Å². The van der Waals surface area contributed by atoms with E-state index in [1.165, 1.54) is 16.5 Å². The van der Waals surface area contributed by atoms with Crippen molar-refractivity contribution < 1.29 is 9.84 Å². The van der Waals surface area contributed by atoms with E-state index in [-0.39, 0.29) is 5.92 Å². The zero-order chi connectivity index (χ0) is 17.2. The third-order valence-corrected chi connectivity index (χ3v) is 5.56. The van der Waals surface area contributed by atoms with Crippen molar-refractivity contribution in [1.82, 2.24) is 9.88 Å². The van der Waals surface area contributed by atoms with Gasteiger partial charge >= 0.3 is 0 Å². The van der Waals surface area contributed by atoms with Crippen LogP contribution in [0.5, 0.6) is 0 Å². The number of fused-ring (bicyclic) bond motifs is 1.